The molecule has 19 heavy (non-hydrogen) atoms. The molecule has 2 atom stereocenters. The second-order valence-electron chi connectivity index (χ2n) is 5.49. The van der Waals surface area contributed by atoms with Gasteiger partial charge in [0.2, 0.25) is 0 Å². The third-order valence-electron chi connectivity index (χ3n) is 4.17. The van der Waals surface area contributed by atoms with E-state index in [1.54, 1.807) is 6.20 Å². The van der Waals surface area contributed by atoms with E-state index in [2.05, 4.69) is 4.98 Å². The Morgan fingerprint density at radius 3 is 2.89 bits per heavy atom. The molecule has 1 aliphatic heterocycles. The van der Waals surface area contributed by atoms with Crippen molar-refractivity contribution in [3.8, 4) is 0 Å². The Morgan fingerprint density at radius 1 is 1.32 bits per heavy atom. The van der Waals surface area contributed by atoms with Gasteiger partial charge in [-0.25, -0.2) is 8.42 Å². The van der Waals surface area contributed by atoms with Gasteiger partial charge in [0.15, 0.2) is 9.84 Å². The molecule has 2 unspecified atom stereocenters. The van der Waals surface area contributed by atoms with Gasteiger partial charge >= 0.3 is 0 Å². The smallest absolute Gasteiger partial charge is 0.151 e. The fourth-order valence-electron chi connectivity index (χ4n) is 3.19. The molecule has 0 bridgehead atoms. The maximum absolute atomic E-state index is 12.5. The number of Topliss-reactive ketones (excluding diaryl/α,β-unsaturated/α-hetero) is 1. The second kappa shape index (κ2) is 4.71. The third-order valence-corrected chi connectivity index (χ3v) is 5.94. The zero-order valence-electron chi connectivity index (χ0n) is 10.7. The molecule has 102 valence electrons. The number of aryl methyl sites for hydroxylation is 1. The summed E-state index contributed by atoms with van der Waals surface area (Å²) in [5, 5.41) is 0. The summed E-state index contributed by atoms with van der Waals surface area (Å²) in [6.07, 6.45) is 4.96. The van der Waals surface area contributed by atoms with Gasteiger partial charge < -0.3 is 0 Å². The Hall–Kier alpha value is -1.23. The van der Waals surface area contributed by atoms with Gasteiger partial charge in [-0.1, -0.05) is 6.07 Å². The number of hydrogen-bond acceptors (Lipinski definition) is 4. The summed E-state index contributed by atoms with van der Waals surface area (Å²) in [5.41, 5.74) is 2.02. The summed E-state index contributed by atoms with van der Waals surface area (Å²) in [6.45, 7) is 0. The monoisotopic (exact) mass is 279 g/mol. The average Bonchev–Trinajstić information content (AvgIpc) is 2.78. The maximum atomic E-state index is 12.5. The summed E-state index contributed by atoms with van der Waals surface area (Å²) in [6, 6.07) is 3.92. The first-order chi connectivity index (χ1) is 9.07. The highest BCUT2D eigenvalue weighted by Gasteiger charge is 2.38. The van der Waals surface area contributed by atoms with Gasteiger partial charge in [0.05, 0.1) is 23.1 Å². The highest BCUT2D eigenvalue weighted by atomic mass is 32.2. The Bertz CT molecular complexity index is 609. The van der Waals surface area contributed by atoms with E-state index < -0.39 is 9.84 Å². The second-order valence-corrected chi connectivity index (χ2v) is 7.72. The van der Waals surface area contributed by atoms with Crippen LogP contribution in [0, 0.1) is 5.92 Å². The average molecular weight is 279 g/mol. The molecule has 1 aromatic rings. The number of ketones is 1. The molecule has 2 aliphatic rings. The fourth-order valence-corrected chi connectivity index (χ4v) is 4.94. The fraction of sp³-hybridized carbons (Fsp3) is 0.571. The van der Waals surface area contributed by atoms with E-state index in [-0.39, 0.29) is 29.1 Å². The van der Waals surface area contributed by atoms with Gasteiger partial charge in [-0.15, -0.1) is 0 Å². The van der Waals surface area contributed by atoms with Crippen LogP contribution in [0.15, 0.2) is 18.3 Å². The minimum absolute atomic E-state index is 0.0322. The predicted molar refractivity (Wildman–Crippen MR) is 71.7 cm³/mol. The van der Waals surface area contributed by atoms with Gasteiger partial charge in [-0.3, -0.25) is 9.78 Å². The lowest BCUT2D eigenvalue weighted by Gasteiger charge is -2.24. The van der Waals surface area contributed by atoms with E-state index in [1.807, 2.05) is 12.1 Å². The standard InChI is InChI=1S/C14H17NO3S/c16-14(11-6-8-19(17,18)9-11)12-5-1-3-10-4-2-7-15-13(10)12/h2,4,7,11-12H,1,3,5-6,8-9H2. The Balaban J connectivity index is 1.86. The van der Waals surface area contributed by atoms with Gasteiger partial charge in [-0.05, 0) is 37.3 Å². The summed E-state index contributed by atoms with van der Waals surface area (Å²) in [5.74, 6) is -0.234. The number of carbonyl (C=O) groups is 1. The summed E-state index contributed by atoms with van der Waals surface area (Å²) >= 11 is 0. The topological polar surface area (TPSA) is 64.1 Å². The molecule has 3 rings (SSSR count). The Morgan fingerprint density at radius 2 is 2.16 bits per heavy atom. The number of fused-ring (bicyclic) bond motifs is 1. The zero-order valence-corrected chi connectivity index (χ0v) is 11.5. The molecule has 5 heteroatoms. The van der Waals surface area contributed by atoms with Crippen molar-refractivity contribution in [3.63, 3.8) is 0 Å². The van der Waals surface area contributed by atoms with Crippen molar-refractivity contribution in [2.24, 2.45) is 5.92 Å². The van der Waals surface area contributed by atoms with Crippen LogP contribution in [0.2, 0.25) is 0 Å². The van der Waals surface area contributed by atoms with Crippen molar-refractivity contribution >= 4 is 15.6 Å². The molecular formula is C14H17NO3S. The molecule has 1 aliphatic carbocycles. The lowest BCUT2D eigenvalue weighted by molar-refractivity contribution is -0.124. The predicted octanol–water partition coefficient (Wildman–Crippen LogP) is 1.51. The van der Waals surface area contributed by atoms with Gasteiger partial charge in [0.1, 0.15) is 5.78 Å². The number of sulfone groups is 1. The summed E-state index contributed by atoms with van der Waals surface area (Å²) < 4.78 is 23.0. The van der Waals surface area contributed by atoms with E-state index in [1.165, 1.54) is 0 Å². The third kappa shape index (κ3) is 2.43. The first-order valence-corrected chi connectivity index (χ1v) is 8.57. The lowest BCUT2D eigenvalue weighted by Crippen LogP contribution is -2.27. The van der Waals surface area contributed by atoms with Crippen LogP contribution < -0.4 is 0 Å². The molecule has 2 heterocycles. The van der Waals surface area contributed by atoms with Gasteiger partial charge in [0.25, 0.3) is 0 Å². The van der Waals surface area contributed by atoms with E-state index in [9.17, 15) is 13.2 Å². The molecule has 0 N–H and O–H groups in total. The Labute approximate surface area is 113 Å². The zero-order chi connectivity index (χ0) is 13.5. The molecular weight excluding hydrogens is 262 g/mol. The minimum Gasteiger partial charge on any atom is -0.299 e. The van der Waals surface area contributed by atoms with Crippen molar-refractivity contribution < 1.29 is 13.2 Å². The van der Waals surface area contributed by atoms with Crippen molar-refractivity contribution in [2.45, 2.75) is 31.6 Å². The molecule has 1 fully saturated rings. The largest absolute Gasteiger partial charge is 0.299 e. The minimum atomic E-state index is -3.00. The van der Waals surface area contributed by atoms with Crippen LogP contribution in [-0.4, -0.2) is 30.7 Å². The summed E-state index contributed by atoms with van der Waals surface area (Å²) in [7, 11) is -3.00. The molecule has 4 nitrogen and oxygen atoms in total. The van der Waals surface area contributed by atoms with Gasteiger partial charge in [-0.2, -0.15) is 0 Å². The Kier molecular flexibility index (Phi) is 3.17. The van der Waals surface area contributed by atoms with Gasteiger partial charge in [0, 0.05) is 12.1 Å². The van der Waals surface area contributed by atoms with E-state index >= 15 is 0 Å². The number of rotatable bonds is 2. The molecule has 0 spiro atoms. The molecule has 1 saturated heterocycles. The maximum Gasteiger partial charge on any atom is 0.151 e. The van der Waals surface area contributed by atoms with Crippen LogP contribution in [-0.2, 0) is 21.1 Å². The number of nitrogens with zero attached hydrogens (tertiary/aromatic N) is 1. The van der Waals surface area contributed by atoms with E-state index in [4.69, 9.17) is 0 Å². The SMILES string of the molecule is O=C(C1CCS(=O)(=O)C1)C1CCCc2cccnc21. The molecule has 0 saturated carbocycles. The summed E-state index contributed by atoms with van der Waals surface area (Å²) in [4.78, 5) is 16.9. The van der Waals surface area contributed by atoms with Crippen molar-refractivity contribution in [1.82, 2.24) is 4.98 Å². The molecule has 0 radical (unpaired) electrons. The highest BCUT2D eigenvalue weighted by molar-refractivity contribution is 7.91. The quantitative estimate of drug-likeness (QED) is 0.823. The van der Waals surface area contributed by atoms with E-state index in [0.29, 0.717) is 6.42 Å². The number of hydrogen-bond donors (Lipinski definition) is 0. The normalized spacial score (nSPS) is 28.8. The van der Waals surface area contributed by atoms with Crippen LogP contribution in [0.1, 0.15) is 36.4 Å². The van der Waals surface area contributed by atoms with Crippen molar-refractivity contribution in [2.75, 3.05) is 11.5 Å². The molecule has 1 aromatic heterocycles. The van der Waals surface area contributed by atoms with Crippen LogP contribution in [0.5, 0.6) is 0 Å². The first-order valence-electron chi connectivity index (χ1n) is 6.75. The molecule has 0 amide bonds. The van der Waals surface area contributed by atoms with Crippen LogP contribution >= 0.6 is 0 Å². The number of aromatic nitrogens is 1. The van der Waals surface area contributed by atoms with Crippen molar-refractivity contribution in [1.29, 1.82) is 0 Å². The van der Waals surface area contributed by atoms with Crippen molar-refractivity contribution in [3.05, 3.63) is 29.6 Å². The number of pyridine rings is 1. The lowest BCUT2D eigenvalue weighted by atomic mass is 9.80. The van der Waals surface area contributed by atoms with Crippen LogP contribution in [0.25, 0.3) is 0 Å². The highest BCUT2D eigenvalue weighted by Crippen LogP contribution is 2.34. The number of carbonyl (C=O) groups excluding carboxylic acids is 1. The van der Waals surface area contributed by atoms with Crippen LogP contribution in [0.4, 0.5) is 0 Å². The van der Waals surface area contributed by atoms with E-state index in [0.717, 1.165) is 30.5 Å². The van der Waals surface area contributed by atoms with Crippen LogP contribution in [0.3, 0.4) is 0 Å². The first kappa shape index (κ1) is 12.8. The molecule has 0 aromatic carbocycles.